The number of benzene rings is 1. The number of nitrogens with one attached hydrogen (secondary N) is 2. The van der Waals surface area contributed by atoms with Crippen LogP contribution in [-0.4, -0.2) is 35.9 Å². The van der Waals surface area contributed by atoms with Crippen molar-refractivity contribution in [2.75, 3.05) is 11.9 Å². The number of halogens is 2. The van der Waals surface area contributed by atoms with Crippen LogP contribution in [0.15, 0.2) is 22.7 Å². The molecule has 1 aromatic carbocycles. The molecule has 6 nitrogen and oxygen atoms in total. The molecule has 114 valence electrons. The maximum Gasteiger partial charge on any atom is 0.332 e. The van der Waals surface area contributed by atoms with Crippen LogP contribution in [0.2, 0.25) is 0 Å². The van der Waals surface area contributed by atoms with Crippen LogP contribution in [0.25, 0.3) is 0 Å². The molecule has 0 aliphatic carbocycles. The third-order valence-corrected chi connectivity index (χ3v) is 3.71. The van der Waals surface area contributed by atoms with Gasteiger partial charge in [0.05, 0.1) is 11.8 Å². The molecule has 2 rings (SSSR count). The number of rotatable bonds is 4. The van der Waals surface area contributed by atoms with Crippen molar-refractivity contribution in [3.8, 4) is 0 Å². The van der Waals surface area contributed by atoms with E-state index in [2.05, 4.69) is 26.6 Å². The lowest BCUT2D eigenvalue weighted by molar-refractivity contribution is -0.149. The number of carboxylic acids is 1. The Hall–Kier alpha value is -1.67. The van der Waals surface area contributed by atoms with Crippen LogP contribution >= 0.6 is 15.9 Å². The second kappa shape index (κ2) is 6.86. The Bertz CT molecular complexity index is 555. The molecule has 1 heterocycles. The van der Waals surface area contributed by atoms with Crippen molar-refractivity contribution in [3.63, 3.8) is 0 Å². The van der Waals surface area contributed by atoms with Gasteiger partial charge < -0.3 is 20.5 Å². The normalized spacial score (nSPS) is 21.0. The van der Waals surface area contributed by atoms with E-state index in [9.17, 15) is 14.0 Å². The Balaban J connectivity index is 1.79. The highest BCUT2D eigenvalue weighted by atomic mass is 79.9. The first-order valence-electron chi connectivity index (χ1n) is 6.34. The molecule has 0 spiro atoms. The van der Waals surface area contributed by atoms with Crippen LogP contribution in [0, 0.1) is 5.82 Å². The van der Waals surface area contributed by atoms with Crippen LogP contribution in [0.4, 0.5) is 14.9 Å². The number of carbonyl (C=O) groups excluding carboxylic acids is 1. The summed E-state index contributed by atoms with van der Waals surface area (Å²) in [4.78, 5) is 22.4. The Morgan fingerprint density at radius 2 is 2.19 bits per heavy atom. The highest BCUT2D eigenvalue weighted by molar-refractivity contribution is 9.10. The van der Waals surface area contributed by atoms with Crippen molar-refractivity contribution in [3.05, 3.63) is 28.5 Å². The fraction of sp³-hybridized carbons (Fsp3) is 0.385. The first kappa shape index (κ1) is 15.7. The number of carboxylic acid groups (broad SMARTS) is 1. The van der Waals surface area contributed by atoms with Gasteiger partial charge in [0.25, 0.3) is 0 Å². The van der Waals surface area contributed by atoms with Gasteiger partial charge in [-0.15, -0.1) is 0 Å². The molecule has 8 heteroatoms. The van der Waals surface area contributed by atoms with E-state index in [1.54, 1.807) is 0 Å². The van der Waals surface area contributed by atoms with E-state index in [-0.39, 0.29) is 12.6 Å². The fourth-order valence-electron chi connectivity index (χ4n) is 2.00. The molecule has 2 unspecified atom stereocenters. The van der Waals surface area contributed by atoms with Gasteiger partial charge in [-0.2, -0.15) is 0 Å². The number of anilines is 1. The van der Waals surface area contributed by atoms with Crippen LogP contribution in [-0.2, 0) is 9.53 Å². The number of aliphatic carboxylic acids is 1. The molecular weight excluding hydrogens is 347 g/mol. The lowest BCUT2D eigenvalue weighted by Crippen LogP contribution is -2.36. The largest absolute Gasteiger partial charge is 0.479 e. The molecule has 1 saturated heterocycles. The molecule has 0 aromatic heterocycles. The highest BCUT2D eigenvalue weighted by Gasteiger charge is 2.30. The SMILES string of the molecule is O=C(NCC1CCC(C(=O)O)O1)Nc1ccc(F)cc1Br. The van der Waals surface area contributed by atoms with E-state index in [1.807, 2.05) is 0 Å². The minimum Gasteiger partial charge on any atom is -0.479 e. The quantitative estimate of drug-likeness (QED) is 0.768. The predicted octanol–water partition coefficient (Wildman–Crippen LogP) is 2.34. The molecule has 0 saturated carbocycles. The monoisotopic (exact) mass is 360 g/mol. The van der Waals surface area contributed by atoms with Crippen molar-refractivity contribution in [2.24, 2.45) is 0 Å². The van der Waals surface area contributed by atoms with Crippen LogP contribution in [0.1, 0.15) is 12.8 Å². The molecule has 1 aliphatic heterocycles. The number of ether oxygens (including phenoxy) is 1. The minimum absolute atomic E-state index is 0.217. The number of carbonyl (C=O) groups is 2. The molecule has 21 heavy (non-hydrogen) atoms. The zero-order valence-electron chi connectivity index (χ0n) is 10.9. The summed E-state index contributed by atoms with van der Waals surface area (Å²) in [5, 5.41) is 13.9. The number of amides is 2. The molecule has 2 atom stereocenters. The molecule has 2 amide bonds. The van der Waals surface area contributed by atoms with Gasteiger partial charge in [-0.3, -0.25) is 0 Å². The average molecular weight is 361 g/mol. The van der Waals surface area contributed by atoms with E-state index in [1.165, 1.54) is 18.2 Å². The van der Waals surface area contributed by atoms with Gasteiger partial charge >= 0.3 is 12.0 Å². The maximum absolute atomic E-state index is 12.9. The van der Waals surface area contributed by atoms with Gasteiger partial charge in [0, 0.05) is 11.0 Å². The zero-order chi connectivity index (χ0) is 15.4. The number of urea groups is 1. The lowest BCUT2D eigenvalue weighted by Gasteiger charge is -2.13. The number of hydrogen-bond donors (Lipinski definition) is 3. The molecule has 3 N–H and O–H groups in total. The smallest absolute Gasteiger partial charge is 0.332 e. The van der Waals surface area contributed by atoms with Gasteiger partial charge in [0.1, 0.15) is 5.82 Å². The third-order valence-electron chi connectivity index (χ3n) is 3.05. The standard InChI is InChI=1S/C13H14BrFN2O4/c14-9-5-7(15)1-3-10(9)17-13(20)16-6-8-2-4-11(21-8)12(18)19/h1,3,5,8,11H,2,4,6H2,(H,18,19)(H2,16,17,20). The summed E-state index contributed by atoms with van der Waals surface area (Å²) in [5.41, 5.74) is 0.435. The molecular formula is C13H14BrFN2O4. The van der Waals surface area contributed by atoms with Gasteiger partial charge in [-0.1, -0.05) is 0 Å². The second-order valence-electron chi connectivity index (χ2n) is 4.62. The van der Waals surface area contributed by atoms with Crippen molar-refractivity contribution >= 4 is 33.6 Å². The zero-order valence-corrected chi connectivity index (χ0v) is 12.5. The summed E-state index contributed by atoms with van der Waals surface area (Å²) in [6.07, 6.45) is -0.0933. The Labute approximate surface area is 128 Å². The number of hydrogen-bond acceptors (Lipinski definition) is 3. The topological polar surface area (TPSA) is 87.7 Å². The van der Waals surface area contributed by atoms with E-state index in [0.29, 0.717) is 23.0 Å². The van der Waals surface area contributed by atoms with Gasteiger partial charge in [-0.25, -0.2) is 14.0 Å². The molecule has 1 aliphatic rings. The summed E-state index contributed by atoms with van der Waals surface area (Å²) in [7, 11) is 0. The summed E-state index contributed by atoms with van der Waals surface area (Å²) < 4.78 is 18.6. The Kier molecular flexibility index (Phi) is 5.13. The molecule has 0 radical (unpaired) electrons. The Morgan fingerprint density at radius 3 is 2.81 bits per heavy atom. The maximum atomic E-state index is 12.9. The van der Waals surface area contributed by atoms with Crippen molar-refractivity contribution in [1.82, 2.24) is 5.32 Å². The van der Waals surface area contributed by atoms with E-state index < -0.39 is 23.9 Å². The average Bonchev–Trinajstić information content (AvgIpc) is 2.89. The minimum atomic E-state index is -0.989. The lowest BCUT2D eigenvalue weighted by atomic mass is 10.2. The van der Waals surface area contributed by atoms with Gasteiger partial charge in [-0.05, 0) is 47.0 Å². The molecule has 0 bridgehead atoms. The predicted molar refractivity (Wildman–Crippen MR) is 76.7 cm³/mol. The summed E-state index contributed by atoms with van der Waals surface area (Å²) >= 11 is 3.14. The van der Waals surface area contributed by atoms with E-state index in [0.717, 1.165) is 0 Å². The fourth-order valence-corrected chi connectivity index (χ4v) is 2.45. The molecule has 1 fully saturated rings. The van der Waals surface area contributed by atoms with Crippen molar-refractivity contribution in [2.45, 2.75) is 25.0 Å². The first-order chi connectivity index (χ1) is 9.95. The highest BCUT2D eigenvalue weighted by Crippen LogP contribution is 2.23. The van der Waals surface area contributed by atoms with Crippen LogP contribution in [0.3, 0.4) is 0 Å². The van der Waals surface area contributed by atoms with E-state index in [4.69, 9.17) is 9.84 Å². The summed E-state index contributed by atoms with van der Waals surface area (Å²) in [6.45, 7) is 0.217. The second-order valence-corrected chi connectivity index (χ2v) is 5.48. The first-order valence-corrected chi connectivity index (χ1v) is 7.13. The van der Waals surface area contributed by atoms with Crippen molar-refractivity contribution in [1.29, 1.82) is 0 Å². The van der Waals surface area contributed by atoms with Crippen LogP contribution < -0.4 is 10.6 Å². The van der Waals surface area contributed by atoms with Crippen LogP contribution in [0.5, 0.6) is 0 Å². The van der Waals surface area contributed by atoms with Gasteiger partial charge in [0.2, 0.25) is 0 Å². The summed E-state index contributed by atoms with van der Waals surface area (Å²) in [6, 6.07) is 3.45. The Morgan fingerprint density at radius 1 is 1.43 bits per heavy atom. The summed E-state index contributed by atoms with van der Waals surface area (Å²) in [5.74, 6) is -1.40. The van der Waals surface area contributed by atoms with Gasteiger partial charge in [0.15, 0.2) is 6.10 Å². The molecule has 1 aromatic rings. The van der Waals surface area contributed by atoms with E-state index >= 15 is 0 Å². The van der Waals surface area contributed by atoms with Crippen molar-refractivity contribution < 1.29 is 23.8 Å². The third kappa shape index (κ3) is 4.40.